The standard InChI is InChI=1S/C30H27Cl6N3O4/c1-14-9-17(39(28(42)43)13-29(2,3)4)6-8-22(14)38-26(40)18-12-16(5-7-19(18)31)37-27(41)24-23(30(24,35)36)15-10-20(32)25(34)21(33)11-15/h5-12,23-24H,13H2,1-4H3,(H,37,41)(H,38,40)(H,42,43)/t23-,24+/m0/s1. The molecule has 3 N–H and O–H groups in total. The number of carbonyl (C=O) groups excluding carboxylic acids is 2. The molecule has 4 rings (SSSR count). The van der Waals surface area contributed by atoms with E-state index in [0.717, 1.165) is 0 Å². The fourth-order valence-corrected chi connectivity index (χ4v) is 6.35. The summed E-state index contributed by atoms with van der Waals surface area (Å²) >= 11 is 37.6. The summed E-state index contributed by atoms with van der Waals surface area (Å²) in [6.07, 6.45) is -1.07. The molecule has 0 heterocycles. The molecule has 0 bridgehead atoms. The fourth-order valence-electron chi connectivity index (χ4n) is 4.71. The third-order valence-electron chi connectivity index (χ3n) is 6.81. The van der Waals surface area contributed by atoms with E-state index in [4.69, 9.17) is 69.6 Å². The monoisotopic (exact) mass is 703 g/mol. The van der Waals surface area contributed by atoms with Crippen LogP contribution in [-0.4, -0.2) is 33.9 Å². The maximum Gasteiger partial charge on any atom is 0.411 e. The van der Waals surface area contributed by atoms with E-state index in [1.807, 2.05) is 20.8 Å². The molecule has 3 amide bonds. The van der Waals surface area contributed by atoms with Gasteiger partial charge in [-0.1, -0.05) is 67.2 Å². The molecule has 228 valence electrons. The lowest BCUT2D eigenvalue weighted by molar-refractivity contribution is -0.117. The van der Waals surface area contributed by atoms with Crippen LogP contribution in [0.4, 0.5) is 21.9 Å². The van der Waals surface area contributed by atoms with E-state index in [0.29, 0.717) is 34.7 Å². The lowest BCUT2D eigenvalue weighted by Gasteiger charge is -2.28. The average molecular weight is 706 g/mol. The molecular weight excluding hydrogens is 679 g/mol. The zero-order chi connectivity index (χ0) is 32.0. The van der Waals surface area contributed by atoms with Gasteiger partial charge in [-0.15, -0.1) is 23.2 Å². The SMILES string of the molecule is Cc1cc(N(CC(C)(C)C)C(=O)O)ccc1NC(=O)c1cc(NC(=O)[C@H]2[C@H](c3cc(Cl)c(Cl)c(Cl)c3)C2(Cl)Cl)ccc1Cl. The second kappa shape index (κ2) is 12.5. The highest BCUT2D eigenvalue weighted by atomic mass is 35.5. The number of rotatable bonds is 7. The third kappa shape index (κ3) is 7.47. The van der Waals surface area contributed by atoms with Gasteiger partial charge >= 0.3 is 6.09 Å². The van der Waals surface area contributed by atoms with Crippen LogP contribution in [0.3, 0.4) is 0 Å². The summed E-state index contributed by atoms with van der Waals surface area (Å²) in [5.41, 5.74) is 2.30. The average Bonchev–Trinajstić information content (AvgIpc) is 3.49. The predicted molar refractivity (Wildman–Crippen MR) is 176 cm³/mol. The number of benzene rings is 3. The summed E-state index contributed by atoms with van der Waals surface area (Å²) in [5.74, 6) is -2.43. The van der Waals surface area contributed by atoms with Crippen molar-refractivity contribution in [2.75, 3.05) is 22.1 Å². The van der Waals surface area contributed by atoms with E-state index < -0.39 is 34.1 Å². The summed E-state index contributed by atoms with van der Waals surface area (Å²) in [4.78, 5) is 39.5. The number of hydrogen-bond acceptors (Lipinski definition) is 3. The quantitative estimate of drug-likeness (QED) is 0.168. The molecule has 1 saturated carbocycles. The molecule has 3 aromatic rings. The van der Waals surface area contributed by atoms with Crippen molar-refractivity contribution in [3.8, 4) is 0 Å². The van der Waals surface area contributed by atoms with Crippen molar-refractivity contribution >= 4 is 105 Å². The van der Waals surface area contributed by atoms with E-state index in [-0.39, 0.29) is 31.1 Å². The minimum absolute atomic E-state index is 0.106. The first kappa shape index (κ1) is 33.5. The fraction of sp³-hybridized carbons (Fsp3) is 0.300. The largest absolute Gasteiger partial charge is 0.465 e. The van der Waals surface area contributed by atoms with Crippen LogP contribution < -0.4 is 15.5 Å². The van der Waals surface area contributed by atoms with Crippen LogP contribution in [0.5, 0.6) is 0 Å². The van der Waals surface area contributed by atoms with Crippen LogP contribution in [0.25, 0.3) is 0 Å². The Morgan fingerprint density at radius 3 is 2.09 bits per heavy atom. The smallest absolute Gasteiger partial charge is 0.411 e. The van der Waals surface area contributed by atoms with Crippen molar-refractivity contribution in [2.45, 2.75) is 37.9 Å². The van der Waals surface area contributed by atoms with Gasteiger partial charge in [0.2, 0.25) is 5.91 Å². The third-order valence-corrected chi connectivity index (χ3v) is 9.28. The van der Waals surface area contributed by atoms with E-state index in [1.54, 1.807) is 43.3 Å². The van der Waals surface area contributed by atoms with Crippen LogP contribution in [0.1, 0.15) is 48.2 Å². The zero-order valence-corrected chi connectivity index (χ0v) is 27.9. The van der Waals surface area contributed by atoms with Gasteiger partial charge in [-0.05, 0) is 72.0 Å². The van der Waals surface area contributed by atoms with Gasteiger partial charge in [-0.25, -0.2) is 4.79 Å². The summed E-state index contributed by atoms with van der Waals surface area (Å²) < 4.78 is -1.41. The van der Waals surface area contributed by atoms with Crippen LogP contribution in [-0.2, 0) is 4.79 Å². The number of nitrogens with zero attached hydrogens (tertiary/aromatic N) is 1. The number of halogens is 6. The van der Waals surface area contributed by atoms with Crippen LogP contribution >= 0.6 is 69.6 Å². The number of nitrogens with one attached hydrogen (secondary N) is 2. The minimum atomic E-state index is -1.41. The number of alkyl halides is 2. The van der Waals surface area contributed by atoms with Gasteiger partial charge in [0.15, 0.2) is 0 Å². The lowest BCUT2D eigenvalue weighted by atomic mass is 9.96. The van der Waals surface area contributed by atoms with Gasteiger partial charge in [-0.3, -0.25) is 14.5 Å². The summed E-state index contributed by atoms with van der Waals surface area (Å²) in [5, 5.41) is 16.0. The Kier molecular flexibility index (Phi) is 9.77. The second-order valence-corrected chi connectivity index (χ2v) is 14.5. The van der Waals surface area contributed by atoms with Gasteiger partial charge in [0.25, 0.3) is 5.91 Å². The van der Waals surface area contributed by atoms with Crippen molar-refractivity contribution in [1.82, 2.24) is 0 Å². The molecule has 1 aliphatic rings. The van der Waals surface area contributed by atoms with Crippen molar-refractivity contribution < 1.29 is 19.5 Å². The number of aryl methyl sites for hydroxylation is 1. The first-order chi connectivity index (χ1) is 19.9. The molecule has 3 aromatic carbocycles. The lowest BCUT2D eigenvalue weighted by Crippen LogP contribution is -2.36. The highest BCUT2D eigenvalue weighted by Crippen LogP contribution is 2.65. The van der Waals surface area contributed by atoms with E-state index in [9.17, 15) is 19.5 Å². The Labute approximate surface area is 279 Å². The van der Waals surface area contributed by atoms with Crippen molar-refractivity contribution in [1.29, 1.82) is 0 Å². The molecule has 0 spiro atoms. The Hall–Kier alpha value is -2.39. The Balaban J connectivity index is 1.50. The van der Waals surface area contributed by atoms with E-state index >= 15 is 0 Å². The van der Waals surface area contributed by atoms with E-state index in [1.165, 1.54) is 17.0 Å². The van der Waals surface area contributed by atoms with Gasteiger partial charge in [-0.2, -0.15) is 0 Å². The topological polar surface area (TPSA) is 98.7 Å². The van der Waals surface area contributed by atoms with Gasteiger partial charge in [0, 0.05) is 29.5 Å². The maximum atomic E-state index is 13.2. The number of carboxylic acid groups (broad SMARTS) is 1. The molecule has 0 unspecified atom stereocenters. The molecule has 7 nitrogen and oxygen atoms in total. The van der Waals surface area contributed by atoms with E-state index in [2.05, 4.69) is 10.6 Å². The first-order valence-electron chi connectivity index (χ1n) is 13.0. The van der Waals surface area contributed by atoms with Gasteiger partial charge < -0.3 is 15.7 Å². The molecule has 2 atom stereocenters. The molecule has 0 aliphatic heterocycles. The van der Waals surface area contributed by atoms with Crippen molar-refractivity contribution in [3.63, 3.8) is 0 Å². The van der Waals surface area contributed by atoms with Crippen LogP contribution in [0.15, 0.2) is 48.5 Å². The normalized spacial score (nSPS) is 17.3. The maximum absolute atomic E-state index is 13.2. The predicted octanol–water partition coefficient (Wildman–Crippen LogP) is 9.92. The molecule has 1 aliphatic carbocycles. The molecule has 0 radical (unpaired) electrons. The Morgan fingerprint density at radius 2 is 1.53 bits per heavy atom. The number of hydrogen-bond donors (Lipinski definition) is 3. The van der Waals surface area contributed by atoms with Gasteiger partial charge in [0.05, 0.1) is 31.6 Å². The molecular formula is C30H27Cl6N3O4. The minimum Gasteiger partial charge on any atom is -0.465 e. The van der Waals surface area contributed by atoms with Crippen LogP contribution in [0.2, 0.25) is 20.1 Å². The highest BCUT2D eigenvalue weighted by Gasteiger charge is 2.67. The molecule has 0 aromatic heterocycles. The molecule has 43 heavy (non-hydrogen) atoms. The van der Waals surface area contributed by atoms with Crippen molar-refractivity contribution in [2.24, 2.45) is 11.3 Å². The molecule has 1 fully saturated rings. The first-order valence-corrected chi connectivity index (χ1v) is 15.2. The summed E-state index contributed by atoms with van der Waals surface area (Å²) in [7, 11) is 0. The highest BCUT2D eigenvalue weighted by molar-refractivity contribution is 6.54. The summed E-state index contributed by atoms with van der Waals surface area (Å²) in [6.45, 7) is 7.88. The summed E-state index contributed by atoms with van der Waals surface area (Å²) in [6, 6.07) is 12.5. The number of carbonyl (C=O) groups is 3. The Morgan fingerprint density at radius 1 is 0.907 bits per heavy atom. The number of amides is 3. The van der Waals surface area contributed by atoms with Crippen molar-refractivity contribution in [3.05, 3.63) is 85.3 Å². The van der Waals surface area contributed by atoms with Gasteiger partial charge in [0.1, 0.15) is 4.33 Å². The Bertz CT molecular complexity index is 1600. The molecule has 0 saturated heterocycles. The molecule has 13 heteroatoms. The second-order valence-electron chi connectivity index (χ2n) is 11.5. The van der Waals surface area contributed by atoms with Crippen LogP contribution in [0, 0.1) is 18.3 Å². The zero-order valence-electron chi connectivity index (χ0n) is 23.4. The number of anilines is 3.